The second kappa shape index (κ2) is 3.42. The Morgan fingerprint density at radius 3 is 2.73 bits per heavy atom. The van der Waals surface area contributed by atoms with Crippen LogP contribution in [-0.2, 0) is 4.79 Å². The van der Waals surface area contributed by atoms with Crippen molar-refractivity contribution in [1.29, 1.82) is 0 Å². The number of halogens is 1. The number of aliphatic imine (C=N–C) groups is 1. The summed E-state index contributed by atoms with van der Waals surface area (Å²) in [6.45, 7) is 3.50. The largest absolute Gasteiger partial charge is 0.272 e. The Hall–Kier alpha value is -1.78. The molecule has 0 radical (unpaired) electrons. The third kappa shape index (κ3) is 1.60. The molecule has 1 aliphatic rings. The summed E-state index contributed by atoms with van der Waals surface area (Å²) in [5.74, 6) is -0.00639. The number of hydrogen-bond acceptors (Lipinski definition) is 3. The highest BCUT2D eigenvalue weighted by atomic mass is 19.1. The van der Waals surface area contributed by atoms with Gasteiger partial charge >= 0.3 is 0 Å². The zero-order valence-corrected chi connectivity index (χ0v) is 8.49. The first kappa shape index (κ1) is 9.76. The molecule has 0 N–H and O–H groups in total. The molecule has 0 bridgehead atoms. The van der Waals surface area contributed by atoms with Crippen LogP contribution >= 0.6 is 0 Å². The SMILES string of the molecule is CC1=NCC(=O)N1c1cnc(F)c(C)c1. The van der Waals surface area contributed by atoms with Crippen molar-refractivity contribution in [3.8, 4) is 0 Å². The Morgan fingerprint density at radius 2 is 2.20 bits per heavy atom. The summed E-state index contributed by atoms with van der Waals surface area (Å²) in [6.07, 6.45) is 1.34. The van der Waals surface area contributed by atoms with E-state index in [0.717, 1.165) is 0 Å². The Balaban J connectivity index is 2.41. The number of hydrogen-bond donors (Lipinski definition) is 0. The van der Waals surface area contributed by atoms with Crippen LogP contribution in [0.4, 0.5) is 10.1 Å². The molecule has 0 saturated carbocycles. The van der Waals surface area contributed by atoms with Gasteiger partial charge in [-0.3, -0.25) is 14.7 Å². The van der Waals surface area contributed by atoms with Gasteiger partial charge in [0.25, 0.3) is 5.91 Å². The summed E-state index contributed by atoms with van der Waals surface area (Å²) >= 11 is 0. The molecule has 4 nitrogen and oxygen atoms in total. The van der Waals surface area contributed by atoms with Gasteiger partial charge in [0, 0.05) is 5.56 Å². The van der Waals surface area contributed by atoms with E-state index in [-0.39, 0.29) is 12.5 Å². The predicted molar refractivity (Wildman–Crippen MR) is 54.4 cm³/mol. The highest BCUT2D eigenvalue weighted by molar-refractivity contribution is 6.20. The van der Waals surface area contributed by atoms with Crippen LogP contribution in [0.5, 0.6) is 0 Å². The van der Waals surface area contributed by atoms with E-state index in [4.69, 9.17) is 0 Å². The summed E-state index contributed by atoms with van der Waals surface area (Å²) in [5.41, 5.74) is 0.984. The van der Waals surface area contributed by atoms with E-state index in [1.807, 2.05) is 0 Å². The zero-order chi connectivity index (χ0) is 11.0. The number of carbonyl (C=O) groups excluding carboxylic acids is 1. The minimum atomic E-state index is -0.514. The number of anilines is 1. The Kier molecular flexibility index (Phi) is 2.22. The van der Waals surface area contributed by atoms with E-state index >= 15 is 0 Å². The maximum absolute atomic E-state index is 12.9. The molecule has 0 aromatic carbocycles. The maximum atomic E-state index is 12.9. The number of aromatic nitrogens is 1. The molecule has 0 fully saturated rings. The lowest BCUT2D eigenvalue weighted by Crippen LogP contribution is -2.30. The zero-order valence-electron chi connectivity index (χ0n) is 8.49. The monoisotopic (exact) mass is 207 g/mol. The van der Waals surface area contributed by atoms with Gasteiger partial charge in [-0.25, -0.2) is 4.98 Å². The lowest BCUT2D eigenvalue weighted by molar-refractivity contribution is -0.115. The minimum absolute atomic E-state index is 0.111. The molecule has 2 heterocycles. The fourth-order valence-corrected chi connectivity index (χ4v) is 1.50. The van der Waals surface area contributed by atoms with Crippen molar-refractivity contribution in [3.63, 3.8) is 0 Å². The smallest absolute Gasteiger partial charge is 0.254 e. The van der Waals surface area contributed by atoms with Gasteiger partial charge in [-0.2, -0.15) is 4.39 Å². The topological polar surface area (TPSA) is 45.6 Å². The van der Waals surface area contributed by atoms with Crippen molar-refractivity contribution in [2.45, 2.75) is 13.8 Å². The lowest BCUT2D eigenvalue weighted by atomic mass is 10.2. The van der Waals surface area contributed by atoms with Crippen molar-refractivity contribution in [2.75, 3.05) is 11.4 Å². The Labute approximate surface area is 86.5 Å². The summed E-state index contributed by atoms with van der Waals surface area (Å²) < 4.78 is 12.9. The lowest BCUT2D eigenvalue weighted by Gasteiger charge is -2.16. The Bertz CT molecular complexity index is 456. The molecule has 5 heteroatoms. The van der Waals surface area contributed by atoms with E-state index in [9.17, 15) is 9.18 Å². The molecule has 0 spiro atoms. The summed E-state index contributed by atoms with van der Waals surface area (Å²) in [4.78, 5) is 20.5. The highest BCUT2D eigenvalue weighted by Gasteiger charge is 2.24. The number of carbonyl (C=O) groups is 1. The van der Waals surface area contributed by atoms with E-state index in [1.165, 1.54) is 11.1 Å². The van der Waals surface area contributed by atoms with Crippen LogP contribution in [0.15, 0.2) is 17.3 Å². The van der Waals surface area contributed by atoms with Gasteiger partial charge in [0.2, 0.25) is 5.95 Å². The quantitative estimate of drug-likeness (QED) is 0.651. The van der Waals surface area contributed by atoms with Crippen LogP contribution in [0.3, 0.4) is 0 Å². The maximum Gasteiger partial charge on any atom is 0.254 e. The molecule has 1 aromatic rings. The number of amidine groups is 1. The first-order valence-electron chi connectivity index (χ1n) is 4.56. The van der Waals surface area contributed by atoms with Gasteiger partial charge in [0.05, 0.1) is 11.9 Å². The van der Waals surface area contributed by atoms with E-state index < -0.39 is 5.95 Å². The van der Waals surface area contributed by atoms with Crippen LogP contribution in [0.25, 0.3) is 0 Å². The van der Waals surface area contributed by atoms with Gasteiger partial charge in [-0.1, -0.05) is 0 Å². The second-order valence-electron chi connectivity index (χ2n) is 3.39. The molecule has 2 rings (SSSR count). The Morgan fingerprint density at radius 1 is 1.47 bits per heavy atom. The number of amides is 1. The van der Waals surface area contributed by atoms with Crippen molar-refractivity contribution >= 4 is 17.4 Å². The first-order chi connectivity index (χ1) is 7.09. The van der Waals surface area contributed by atoms with Crippen molar-refractivity contribution in [3.05, 3.63) is 23.8 Å². The molecule has 78 valence electrons. The number of nitrogens with zero attached hydrogens (tertiary/aromatic N) is 3. The summed E-state index contributed by atoms with van der Waals surface area (Å²) in [7, 11) is 0. The van der Waals surface area contributed by atoms with Crippen molar-refractivity contribution < 1.29 is 9.18 Å². The number of pyridine rings is 1. The molecule has 0 saturated heterocycles. The van der Waals surface area contributed by atoms with Crippen LogP contribution in [0, 0.1) is 12.9 Å². The van der Waals surface area contributed by atoms with Gasteiger partial charge in [0.15, 0.2) is 0 Å². The highest BCUT2D eigenvalue weighted by Crippen LogP contribution is 2.19. The van der Waals surface area contributed by atoms with Crippen LogP contribution < -0.4 is 4.90 Å². The molecule has 0 atom stereocenters. The van der Waals surface area contributed by atoms with Crippen LogP contribution in [0.1, 0.15) is 12.5 Å². The van der Waals surface area contributed by atoms with E-state index in [2.05, 4.69) is 9.98 Å². The third-order valence-electron chi connectivity index (χ3n) is 2.27. The van der Waals surface area contributed by atoms with Gasteiger partial charge in [-0.05, 0) is 19.9 Å². The normalized spacial score (nSPS) is 15.8. The fourth-order valence-electron chi connectivity index (χ4n) is 1.50. The van der Waals surface area contributed by atoms with Gasteiger partial charge in [-0.15, -0.1) is 0 Å². The minimum Gasteiger partial charge on any atom is -0.272 e. The molecule has 0 unspecified atom stereocenters. The molecular weight excluding hydrogens is 197 g/mol. The molecule has 1 aromatic heterocycles. The standard InChI is InChI=1S/C10H10FN3O/c1-6-3-8(4-13-10(6)11)14-7(2)12-5-9(14)15/h3-4H,5H2,1-2H3. The average Bonchev–Trinajstić information content (AvgIpc) is 2.52. The van der Waals surface area contributed by atoms with Crippen LogP contribution in [0.2, 0.25) is 0 Å². The first-order valence-corrected chi connectivity index (χ1v) is 4.56. The second-order valence-corrected chi connectivity index (χ2v) is 3.39. The number of rotatable bonds is 1. The average molecular weight is 207 g/mol. The van der Waals surface area contributed by atoms with E-state index in [1.54, 1.807) is 19.9 Å². The summed E-state index contributed by atoms with van der Waals surface area (Å²) in [6, 6.07) is 1.59. The molecule has 1 aliphatic heterocycles. The number of aryl methyl sites for hydroxylation is 1. The third-order valence-corrected chi connectivity index (χ3v) is 2.27. The summed E-state index contributed by atoms with van der Waals surface area (Å²) in [5, 5.41) is 0. The van der Waals surface area contributed by atoms with Crippen molar-refractivity contribution in [1.82, 2.24) is 4.98 Å². The van der Waals surface area contributed by atoms with Crippen LogP contribution in [-0.4, -0.2) is 23.3 Å². The molecule has 15 heavy (non-hydrogen) atoms. The predicted octanol–water partition coefficient (Wildman–Crippen LogP) is 1.29. The van der Waals surface area contributed by atoms with E-state index in [0.29, 0.717) is 17.1 Å². The van der Waals surface area contributed by atoms with Gasteiger partial charge < -0.3 is 0 Å². The van der Waals surface area contributed by atoms with Crippen molar-refractivity contribution in [2.24, 2.45) is 4.99 Å². The fraction of sp³-hybridized carbons (Fsp3) is 0.300. The molecular formula is C10H10FN3O. The molecule has 1 amide bonds. The van der Waals surface area contributed by atoms with Gasteiger partial charge in [0.1, 0.15) is 12.4 Å². The molecule has 0 aliphatic carbocycles.